The molecule has 0 saturated carbocycles. The number of allylic oxidation sites excluding steroid dienone is 2. The predicted molar refractivity (Wildman–Crippen MR) is 144 cm³/mol. The first-order valence-corrected chi connectivity index (χ1v) is 12.5. The van der Waals surface area contributed by atoms with E-state index in [9.17, 15) is 35.9 Å². The Morgan fingerprint density at radius 2 is 1.17 bits per heavy atom. The van der Waals surface area contributed by atoms with Gasteiger partial charge in [0.1, 0.15) is 5.75 Å². The van der Waals surface area contributed by atoms with E-state index in [1.807, 2.05) is 0 Å². The first-order chi connectivity index (χ1) is 19.7. The molecule has 3 N–H and O–H groups in total. The molecule has 2 amide bonds. The van der Waals surface area contributed by atoms with Crippen LogP contribution in [0.5, 0.6) is 5.75 Å². The smallest absolute Gasteiger partial charge is 0.416 e. The van der Waals surface area contributed by atoms with Crippen molar-refractivity contribution in [3.05, 3.63) is 112 Å². The van der Waals surface area contributed by atoms with Gasteiger partial charge in [-0.05, 0) is 56.3 Å². The van der Waals surface area contributed by atoms with Gasteiger partial charge in [-0.25, -0.2) is 0 Å². The number of rotatable bonds is 6. The topological polar surface area (TPSA) is 79.5 Å². The highest BCUT2D eigenvalue weighted by atomic mass is 19.4. The van der Waals surface area contributed by atoms with Gasteiger partial charge in [0.2, 0.25) is 0 Å². The van der Waals surface area contributed by atoms with E-state index in [1.165, 1.54) is 19.2 Å². The molecule has 0 radical (unpaired) electrons. The Bertz CT molecular complexity index is 1500. The molecule has 0 atom stereocenters. The van der Waals surface area contributed by atoms with Crippen molar-refractivity contribution in [1.29, 1.82) is 0 Å². The van der Waals surface area contributed by atoms with E-state index in [2.05, 4.69) is 16.0 Å². The molecule has 1 aliphatic rings. The summed E-state index contributed by atoms with van der Waals surface area (Å²) >= 11 is 0. The third-order valence-corrected chi connectivity index (χ3v) is 6.60. The third-order valence-electron chi connectivity index (χ3n) is 6.60. The Labute approximate surface area is 237 Å². The number of hydrogen-bond acceptors (Lipinski definition) is 4. The largest absolute Gasteiger partial charge is 0.496 e. The van der Waals surface area contributed by atoms with Crippen molar-refractivity contribution >= 4 is 23.2 Å². The summed E-state index contributed by atoms with van der Waals surface area (Å²) in [5.41, 5.74) is -1.20. The fourth-order valence-electron chi connectivity index (χ4n) is 4.76. The quantitative estimate of drug-likeness (QED) is 0.265. The van der Waals surface area contributed by atoms with E-state index in [4.69, 9.17) is 4.74 Å². The normalized spacial score (nSPS) is 14.4. The molecule has 6 nitrogen and oxygen atoms in total. The van der Waals surface area contributed by atoms with Crippen molar-refractivity contribution < 1.29 is 40.7 Å². The van der Waals surface area contributed by atoms with Crippen LogP contribution in [-0.4, -0.2) is 18.9 Å². The van der Waals surface area contributed by atoms with Gasteiger partial charge in [-0.3, -0.25) is 9.59 Å². The summed E-state index contributed by atoms with van der Waals surface area (Å²) in [6.07, 6.45) is -9.28. The second-order valence-electron chi connectivity index (χ2n) is 9.44. The third kappa shape index (κ3) is 6.42. The maximum absolute atomic E-state index is 13.7. The van der Waals surface area contributed by atoms with Crippen LogP contribution in [0.25, 0.3) is 0 Å². The molecule has 0 unspecified atom stereocenters. The molecule has 1 aliphatic heterocycles. The average Bonchev–Trinajstić information content (AvgIpc) is 2.91. The predicted octanol–water partition coefficient (Wildman–Crippen LogP) is 7.25. The molecule has 0 spiro atoms. The minimum absolute atomic E-state index is 0.00305. The number of amides is 2. The maximum Gasteiger partial charge on any atom is 0.416 e. The standard InChI is InChI=1S/C30H25F6N3O3/c1-16-24(27(40)38-20-10-6-8-18(14-20)29(31,32)33)26(22-12-4-5-13-23(22)42-3)25(17(2)37-16)28(41)39-21-11-7-9-19(15-21)30(34,35)36/h4-15,26,37H,1-3H3,(H,38,40)(H,39,41). The zero-order valence-corrected chi connectivity index (χ0v) is 22.5. The summed E-state index contributed by atoms with van der Waals surface area (Å²) in [4.78, 5) is 27.4. The number of ether oxygens (including phenoxy) is 1. The summed E-state index contributed by atoms with van der Waals surface area (Å²) in [5, 5.41) is 7.92. The summed E-state index contributed by atoms with van der Waals surface area (Å²) < 4.78 is 85.2. The van der Waals surface area contributed by atoms with Crippen molar-refractivity contribution in [2.45, 2.75) is 32.1 Å². The zero-order chi connectivity index (χ0) is 30.8. The summed E-state index contributed by atoms with van der Waals surface area (Å²) in [7, 11) is 1.39. The Balaban J connectivity index is 1.78. The molecule has 42 heavy (non-hydrogen) atoms. The number of methoxy groups -OCH3 is 1. The maximum atomic E-state index is 13.7. The van der Waals surface area contributed by atoms with Gasteiger partial charge in [0, 0.05) is 39.5 Å². The number of para-hydroxylation sites is 1. The van der Waals surface area contributed by atoms with Crippen molar-refractivity contribution in [1.82, 2.24) is 5.32 Å². The van der Waals surface area contributed by atoms with Crippen LogP contribution in [0.15, 0.2) is 95.3 Å². The van der Waals surface area contributed by atoms with Crippen molar-refractivity contribution in [3.63, 3.8) is 0 Å². The second-order valence-corrected chi connectivity index (χ2v) is 9.44. The second kappa shape index (κ2) is 11.6. The van der Waals surface area contributed by atoms with Crippen LogP contribution in [-0.2, 0) is 21.9 Å². The van der Waals surface area contributed by atoms with Gasteiger partial charge in [0.05, 0.1) is 24.2 Å². The fourth-order valence-corrected chi connectivity index (χ4v) is 4.76. The number of anilines is 2. The molecule has 0 aromatic heterocycles. The minimum Gasteiger partial charge on any atom is -0.496 e. The Morgan fingerprint density at radius 3 is 1.60 bits per heavy atom. The van der Waals surface area contributed by atoms with Crippen LogP contribution in [0.4, 0.5) is 37.7 Å². The van der Waals surface area contributed by atoms with Crippen LogP contribution in [0.1, 0.15) is 36.5 Å². The minimum atomic E-state index is -4.64. The first-order valence-electron chi connectivity index (χ1n) is 12.5. The highest BCUT2D eigenvalue weighted by Crippen LogP contribution is 2.43. The lowest BCUT2D eigenvalue weighted by molar-refractivity contribution is -0.138. The van der Waals surface area contributed by atoms with Crippen molar-refractivity contribution in [3.8, 4) is 5.75 Å². The number of alkyl halides is 6. The number of benzene rings is 3. The van der Waals surface area contributed by atoms with E-state index < -0.39 is 41.2 Å². The van der Waals surface area contributed by atoms with E-state index in [-0.39, 0.29) is 22.5 Å². The highest BCUT2D eigenvalue weighted by Gasteiger charge is 2.38. The van der Waals surface area contributed by atoms with Gasteiger partial charge < -0.3 is 20.7 Å². The lowest BCUT2D eigenvalue weighted by Gasteiger charge is -2.32. The lowest BCUT2D eigenvalue weighted by Crippen LogP contribution is -2.35. The van der Waals surface area contributed by atoms with Crippen LogP contribution in [0.2, 0.25) is 0 Å². The van der Waals surface area contributed by atoms with Gasteiger partial charge in [0.15, 0.2) is 0 Å². The van der Waals surface area contributed by atoms with Gasteiger partial charge in [-0.1, -0.05) is 30.3 Å². The molecule has 0 saturated heterocycles. The summed E-state index contributed by atoms with van der Waals surface area (Å²) in [5.74, 6) is -2.41. The number of nitrogens with one attached hydrogen (secondary N) is 3. The van der Waals surface area contributed by atoms with E-state index in [1.54, 1.807) is 38.1 Å². The van der Waals surface area contributed by atoms with Crippen molar-refractivity contribution in [2.75, 3.05) is 17.7 Å². The molecule has 220 valence electrons. The summed E-state index contributed by atoms with van der Waals surface area (Å²) in [6, 6.07) is 14.7. The molecule has 0 bridgehead atoms. The number of carbonyl (C=O) groups excluding carboxylic acids is 2. The van der Waals surface area contributed by atoms with Crippen LogP contribution < -0.4 is 20.7 Å². The molecule has 3 aromatic carbocycles. The number of hydrogen-bond donors (Lipinski definition) is 3. The first kappa shape index (κ1) is 30.2. The van der Waals surface area contributed by atoms with E-state index in [0.29, 0.717) is 22.7 Å². The van der Waals surface area contributed by atoms with Crippen LogP contribution in [0.3, 0.4) is 0 Å². The molecular formula is C30H25F6N3O3. The number of halogens is 6. The van der Waals surface area contributed by atoms with Gasteiger partial charge in [0.25, 0.3) is 11.8 Å². The average molecular weight is 590 g/mol. The Morgan fingerprint density at radius 1 is 0.714 bits per heavy atom. The molecule has 1 heterocycles. The van der Waals surface area contributed by atoms with E-state index in [0.717, 1.165) is 36.4 Å². The Hall–Kier alpha value is -4.74. The molecule has 0 aliphatic carbocycles. The monoisotopic (exact) mass is 589 g/mol. The zero-order valence-electron chi connectivity index (χ0n) is 22.5. The molecule has 3 aromatic rings. The van der Waals surface area contributed by atoms with Crippen LogP contribution >= 0.6 is 0 Å². The Kier molecular flexibility index (Phi) is 8.37. The molecular weight excluding hydrogens is 564 g/mol. The van der Waals surface area contributed by atoms with Gasteiger partial charge in [-0.15, -0.1) is 0 Å². The SMILES string of the molecule is COc1ccccc1C1C(C(=O)Nc2cccc(C(F)(F)F)c2)=C(C)NC(C)=C1C(=O)Nc1cccc(C(F)(F)F)c1. The summed E-state index contributed by atoms with van der Waals surface area (Å²) in [6.45, 7) is 3.13. The van der Waals surface area contributed by atoms with Crippen molar-refractivity contribution in [2.24, 2.45) is 0 Å². The molecule has 12 heteroatoms. The number of carbonyl (C=O) groups is 2. The lowest BCUT2D eigenvalue weighted by atomic mass is 9.79. The van der Waals surface area contributed by atoms with Gasteiger partial charge >= 0.3 is 12.4 Å². The molecule has 0 fully saturated rings. The molecule has 4 rings (SSSR count). The highest BCUT2D eigenvalue weighted by molar-refractivity contribution is 6.12. The van der Waals surface area contributed by atoms with Gasteiger partial charge in [-0.2, -0.15) is 26.3 Å². The number of dihydropyridines is 1. The van der Waals surface area contributed by atoms with E-state index >= 15 is 0 Å². The fraction of sp³-hybridized carbons (Fsp3) is 0.200. The van der Waals surface area contributed by atoms with Crippen LogP contribution in [0, 0.1) is 0 Å².